The van der Waals surface area contributed by atoms with Crippen molar-refractivity contribution in [2.75, 3.05) is 0 Å². The van der Waals surface area contributed by atoms with Crippen molar-refractivity contribution in [1.29, 1.82) is 0 Å². The number of guanidine groups is 1. The Morgan fingerprint density at radius 3 is 2.43 bits per heavy atom. The van der Waals surface area contributed by atoms with E-state index in [9.17, 15) is 4.79 Å². The second kappa shape index (κ2) is 2.95. The number of hydrazine groups is 1. The van der Waals surface area contributed by atoms with E-state index < -0.39 is 0 Å². The van der Waals surface area contributed by atoms with Crippen LogP contribution in [0.3, 0.4) is 0 Å². The van der Waals surface area contributed by atoms with Crippen LogP contribution in [0.2, 0.25) is 0 Å². The molecule has 0 unspecified atom stereocenters. The van der Waals surface area contributed by atoms with E-state index in [4.69, 9.17) is 11.5 Å². The van der Waals surface area contributed by atoms with E-state index in [1.807, 2.05) is 5.43 Å². The normalized spacial score (nSPS) is 6.86. The highest BCUT2D eigenvalue weighted by Gasteiger charge is 1.78. The second-order valence-electron chi connectivity index (χ2n) is 0.843. The first kappa shape index (κ1) is 5.74. The molecule has 0 radical (unpaired) electrons. The van der Waals surface area contributed by atoms with Gasteiger partial charge in [-0.3, -0.25) is 16.3 Å². The van der Waals surface area contributed by atoms with E-state index in [1.54, 1.807) is 0 Å². The number of carbonyl (C=O) groups is 1. The van der Waals surface area contributed by atoms with Crippen LogP contribution >= 0.6 is 0 Å². The summed E-state index contributed by atoms with van der Waals surface area (Å²) in [4.78, 5) is 9.41. The van der Waals surface area contributed by atoms with Crippen LogP contribution in [0.4, 0.5) is 0 Å². The van der Waals surface area contributed by atoms with Crippen molar-refractivity contribution in [3.63, 3.8) is 0 Å². The Hall–Kier alpha value is -1.26. The first-order chi connectivity index (χ1) is 3.27. The second-order valence-corrected chi connectivity index (χ2v) is 0.843. The van der Waals surface area contributed by atoms with Crippen molar-refractivity contribution in [2.45, 2.75) is 0 Å². The minimum absolute atomic E-state index is 0.0351. The van der Waals surface area contributed by atoms with Crippen molar-refractivity contribution in [3.05, 3.63) is 0 Å². The predicted octanol–water partition coefficient (Wildman–Crippen LogP) is -4.00. The van der Waals surface area contributed by atoms with Crippen LogP contribution in [0, 0.1) is 0 Å². The van der Waals surface area contributed by atoms with Gasteiger partial charge in [-0.25, -0.2) is 5.43 Å². The van der Waals surface area contributed by atoms with Gasteiger partial charge in [0, 0.05) is 0 Å². The zero-order valence-electron chi connectivity index (χ0n) is 3.64. The molecule has 0 heterocycles. The standard InChI is InChI=1S/C2H6N4O/c3-2(4)6-5-1-7/h1H,(H,5,7)(H4,3,4,6)/p+1. The fraction of sp³-hybridized carbons (Fsp3) is 0. The Kier molecular flexibility index (Phi) is 2.42. The zero-order valence-corrected chi connectivity index (χ0v) is 3.64. The van der Waals surface area contributed by atoms with Gasteiger partial charge in [0.2, 0.25) is 6.41 Å². The third-order valence-electron chi connectivity index (χ3n) is 0.275. The van der Waals surface area contributed by atoms with E-state index in [-0.39, 0.29) is 5.96 Å². The number of carbonyl (C=O) groups excluding carboxylic acids is 1. The van der Waals surface area contributed by atoms with E-state index in [2.05, 4.69) is 5.10 Å². The van der Waals surface area contributed by atoms with Gasteiger partial charge in [0.15, 0.2) is 0 Å². The number of nitrogens with one attached hydrogen (secondary N) is 2. The summed E-state index contributed by atoms with van der Waals surface area (Å²) in [5.74, 6) is -0.0351. The molecule has 0 aromatic carbocycles. The minimum Gasteiger partial charge on any atom is -0.289 e. The molecule has 0 aromatic heterocycles. The van der Waals surface area contributed by atoms with Crippen molar-refractivity contribution in [2.24, 2.45) is 11.5 Å². The van der Waals surface area contributed by atoms with Gasteiger partial charge in [-0.2, -0.15) is 5.10 Å². The SMILES string of the molecule is NC(N)=[NH+]NC=O. The molecule has 6 N–H and O–H groups in total. The Labute approximate surface area is 40.4 Å². The quantitative estimate of drug-likeness (QED) is 0.124. The highest BCUT2D eigenvalue weighted by Crippen LogP contribution is 1.05. The smallest absolute Gasteiger partial charge is 0.289 e. The van der Waals surface area contributed by atoms with Gasteiger partial charge in [0.1, 0.15) is 0 Å². The molecule has 0 fully saturated rings. The summed E-state index contributed by atoms with van der Waals surface area (Å²) >= 11 is 0. The molecule has 0 aliphatic heterocycles. The van der Waals surface area contributed by atoms with Crippen LogP contribution in [0.25, 0.3) is 0 Å². The molecular formula is C2H7N4O+. The number of amides is 1. The third-order valence-corrected chi connectivity index (χ3v) is 0.275. The van der Waals surface area contributed by atoms with E-state index in [0.29, 0.717) is 6.41 Å². The first-order valence-electron chi connectivity index (χ1n) is 1.60. The molecular weight excluding hydrogens is 96.0 g/mol. The molecule has 0 aromatic rings. The summed E-state index contributed by atoms with van der Waals surface area (Å²) in [5, 5.41) is 2.15. The Bertz CT molecular complexity index is 83.7. The lowest BCUT2D eigenvalue weighted by Gasteiger charge is -1.79. The highest BCUT2D eigenvalue weighted by atomic mass is 16.1. The summed E-state index contributed by atoms with van der Waals surface area (Å²) in [7, 11) is 0. The monoisotopic (exact) mass is 103 g/mol. The topological polar surface area (TPSA) is 95.1 Å². The maximum Gasteiger partial charge on any atom is 0.360 e. The summed E-state index contributed by atoms with van der Waals surface area (Å²) in [6.07, 6.45) is 0.430. The molecule has 0 rings (SSSR count). The Balaban J connectivity index is 3.25. The van der Waals surface area contributed by atoms with E-state index in [0.717, 1.165) is 0 Å². The molecule has 0 aliphatic carbocycles. The molecule has 0 bridgehead atoms. The first-order valence-corrected chi connectivity index (χ1v) is 1.60. The number of rotatable bonds is 2. The van der Waals surface area contributed by atoms with Crippen molar-refractivity contribution in [3.8, 4) is 0 Å². The van der Waals surface area contributed by atoms with Gasteiger partial charge in [-0.1, -0.05) is 0 Å². The molecule has 5 heteroatoms. The molecule has 5 nitrogen and oxygen atoms in total. The van der Waals surface area contributed by atoms with Crippen molar-refractivity contribution < 1.29 is 9.90 Å². The fourth-order valence-electron chi connectivity index (χ4n) is 0.113. The lowest BCUT2D eigenvalue weighted by molar-refractivity contribution is -0.510. The average Bonchev–Trinajstić information content (AvgIpc) is 1.61. The lowest BCUT2D eigenvalue weighted by atomic mass is 11.1. The van der Waals surface area contributed by atoms with Crippen LogP contribution in [-0.4, -0.2) is 12.4 Å². The highest BCUT2D eigenvalue weighted by molar-refractivity contribution is 5.69. The zero-order chi connectivity index (χ0) is 5.70. The maximum absolute atomic E-state index is 9.41. The van der Waals surface area contributed by atoms with Gasteiger partial charge in [-0.05, 0) is 0 Å². The number of hydrogen-bond acceptors (Lipinski definition) is 1. The molecule has 0 saturated heterocycles. The Morgan fingerprint density at radius 1 is 1.71 bits per heavy atom. The largest absolute Gasteiger partial charge is 0.360 e. The summed E-state index contributed by atoms with van der Waals surface area (Å²) in [6, 6.07) is 0. The van der Waals surface area contributed by atoms with E-state index >= 15 is 0 Å². The van der Waals surface area contributed by atoms with Crippen LogP contribution < -0.4 is 22.0 Å². The van der Waals surface area contributed by atoms with Gasteiger partial charge >= 0.3 is 5.96 Å². The lowest BCUT2D eigenvalue weighted by Crippen LogP contribution is -2.86. The minimum atomic E-state index is -0.0351. The molecule has 0 spiro atoms. The molecule has 0 atom stereocenters. The molecule has 0 aliphatic rings. The van der Waals surface area contributed by atoms with Crippen LogP contribution in [0.15, 0.2) is 0 Å². The maximum atomic E-state index is 9.41. The average molecular weight is 103 g/mol. The van der Waals surface area contributed by atoms with Gasteiger partial charge in [0.25, 0.3) is 0 Å². The van der Waals surface area contributed by atoms with Crippen LogP contribution in [0.5, 0.6) is 0 Å². The molecule has 1 amide bonds. The van der Waals surface area contributed by atoms with E-state index in [1.165, 1.54) is 0 Å². The van der Waals surface area contributed by atoms with Crippen LogP contribution in [-0.2, 0) is 4.79 Å². The fourth-order valence-corrected chi connectivity index (χ4v) is 0.113. The molecule has 7 heavy (non-hydrogen) atoms. The number of hydrogen-bond donors (Lipinski definition) is 4. The Morgan fingerprint density at radius 2 is 2.29 bits per heavy atom. The number of hydrazone groups is 1. The summed E-state index contributed by atoms with van der Waals surface area (Å²) in [5.41, 5.74) is 11.7. The molecule has 40 valence electrons. The molecule has 0 saturated carbocycles. The van der Waals surface area contributed by atoms with Gasteiger partial charge in [-0.15, -0.1) is 0 Å². The third kappa shape index (κ3) is 4.74. The summed E-state index contributed by atoms with van der Waals surface area (Å²) in [6.45, 7) is 0. The van der Waals surface area contributed by atoms with Crippen LogP contribution in [0.1, 0.15) is 0 Å². The number of nitrogens with two attached hydrogens (primary N) is 2. The van der Waals surface area contributed by atoms with Gasteiger partial charge in [0.05, 0.1) is 0 Å². The van der Waals surface area contributed by atoms with Crippen molar-refractivity contribution >= 4 is 12.4 Å². The summed E-state index contributed by atoms with van der Waals surface area (Å²) < 4.78 is 0. The van der Waals surface area contributed by atoms with Gasteiger partial charge < -0.3 is 0 Å². The predicted molar refractivity (Wildman–Crippen MR) is 23.5 cm³/mol. The van der Waals surface area contributed by atoms with Crippen molar-refractivity contribution in [1.82, 2.24) is 5.43 Å².